The van der Waals surface area contributed by atoms with Crippen LogP contribution in [0.5, 0.6) is 0 Å². The first-order valence-electron chi connectivity index (χ1n) is 6.58. The number of rotatable bonds is 0. The van der Waals surface area contributed by atoms with Gasteiger partial charge in [-0.1, -0.05) is 30.9 Å². The van der Waals surface area contributed by atoms with Crippen LogP contribution >= 0.6 is 0 Å². The van der Waals surface area contributed by atoms with E-state index in [9.17, 15) is 0 Å². The highest BCUT2D eigenvalue weighted by molar-refractivity contribution is 5.36. The lowest BCUT2D eigenvalue weighted by Gasteiger charge is -2.20. The maximum Gasteiger partial charge on any atom is -0.0132 e. The molecule has 3 fully saturated rings. The van der Waals surface area contributed by atoms with E-state index in [4.69, 9.17) is 0 Å². The number of hydrogen-bond donors (Lipinski definition) is 0. The fourth-order valence-corrected chi connectivity index (χ4v) is 3.74. The van der Waals surface area contributed by atoms with Gasteiger partial charge < -0.3 is 0 Å². The Balaban J connectivity index is 1.72. The third-order valence-corrected chi connectivity index (χ3v) is 4.74. The number of allylic oxidation sites excluding steroid dienone is 2. The van der Waals surface area contributed by atoms with Crippen LogP contribution in [-0.4, -0.2) is 0 Å². The Morgan fingerprint density at radius 1 is 0.857 bits per heavy atom. The van der Waals surface area contributed by atoms with Gasteiger partial charge >= 0.3 is 0 Å². The maximum absolute atomic E-state index is 2.42. The molecular weight excluding hydrogens is 168 g/mol. The Morgan fingerprint density at radius 3 is 2.00 bits per heavy atom. The molecule has 3 aliphatic rings. The van der Waals surface area contributed by atoms with Crippen LogP contribution in [0.2, 0.25) is 0 Å². The fourth-order valence-electron chi connectivity index (χ4n) is 3.74. The molecule has 0 heterocycles. The topological polar surface area (TPSA) is 0 Å². The molecule has 0 aromatic rings. The Labute approximate surface area is 87.8 Å². The summed E-state index contributed by atoms with van der Waals surface area (Å²) >= 11 is 0. The lowest BCUT2D eigenvalue weighted by molar-refractivity contribution is 0.442. The van der Waals surface area contributed by atoms with Gasteiger partial charge in [-0.05, 0) is 56.3 Å². The Kier molecular flexibility index (Phi) is 2.18. The monoisotopic (exact) mass is 190 g/mol. The van der Waals surface area contributed by atoms with Crippen molar-refractivity contribution in [3.63, 3.8) is 0 Å². The highest BCUT2D eigenvalue weighted by Gasteiger charge is 2.46. The van der Waals surface area contributed by atoms with Crippen LogP contribution in [0, 0.1) is 17.8 Å². The van der Waals surface area contributed by atoms with Crippen molar-refractivity contribution >= 4 is 0 Å². The second kappa shape index (κ2) is 3.40. The predicted octanol–water partition coefficient (Wildman–Crippen LogP) is 4.31. The van der Waals surface area contributed by atoms with E-state index in [1.54, 1.807) is 0 Å². The van der Waals surface area contributed by atoms with Crippen LogP contribution in [0.4, 0.5) is 0 Å². The van der Waals surface area contributed by atoms with Gasteiger partial charge in [-0.25, -0.2) is 0 Å². The van der Waals surface area contributed by atoms with E-state index in [-0.39, 0.29) is 0 Å². The summed E-state index contributed by atoms with van der Waals surface area (Å²) in [5.74, 6) is 3.15. The summed E-state index contributed by atoms with van der Waals surface area (Å²) in [6, 6.07) is 0. The van der Waals surface area contributed by atoms with Gasteiger partial charge in [-0.2, -0.15) is 0 Å². The summed E-state index contributed by atoms with van der Waals surface area (Å²) in [4.78, 5) is 0. The molecule has 2 atom stereocenters. The number of hydrogen-bond acceptors (Lipinski definition) is 0. The van der Waals surface area contributed by atoms with Crippen LogP contribution in [0.25, 0.3) is 0 Å². The smallest absolute Gasteiger partial charge is 0.0132 e. The zero-order chi connectivity index (χ0) is 9.54. The average molecular weight is 190 g/mol. The molecule has 0 aliphatic heterocycles. The van der Waals surface area contributed by atoms with Crippen LogP contribution in [0.1, 0.15) is 58.3 Å². The molecule has 78 valence electrons. The SMILES string of the molecule is CC1CCC(=C2[C@H]3CCCC[C@@H]23)CC1. The molecule has 0 radical (unpaired) electrons. The van der Waals surface area contributed by atoms with E-state index < -0.39 is 0 Å². The third-order valence-electron chi connectivity index (χ3n) is 4.74. The molecule has 0 unspecified atom stereocenters. The molecule has 0 heteroatoms. The molecule has 0 spiro atoms. The molecule has 14 heavy (non-hydrogen) atoms. The third kappa shape index (κ3) is 1.43. The van der Waals surface area contributed by atoms with E-state index in [0.29, 0.717) is 0 Å². The minimum atomic E-state index is 1.00. The van der Waals surface area contributed by atoms with E-state index in [1.165, 1.54) is 51.4 Å². The van der Waals surface area contributed by atoms with Gasteiger partial charge in [0.15, 0.2) is 0 Å². The van der Waals surface area contributed by atoms with E-state index >= 15 is 0 Å². The van der Waals surface area contributed by atoms with Crippen molar-refractivity contribution in [1.29, 1.82) is 0 Å². The van der Waals surface area contributed by atoms with Gasteiger partial charge in [0.05, 0.1) is 0 Å². The lowest BCUT2D eigenvalue weighted by atomic mass is 9.86. The first kappa shape index (κ1) is 9.00. The largest absolute Gasteiger partial charge is 0.0704 e. The van der Waals surface area contributed by atoms with Gasteiger partial charge in [0.2, 0.25) is 0 Å². The Hall–Kier alpha value is -0.260. The van der Waals surface area contributed by atoms with Gasteiger partial charge in [-0.15, -0.1) is 0 Å². The molecule has 3 aliphatic carbocycles. The fraction of sp³-hybridized carbons (Fsp3) is 0.857. The van der Waals surface area contributed by atoms with E-state index in [0.717, 1.165) is 17.8 Å². The van der Waals surface area contributed by atoms with Gasteiger partial charge in [0, 0.05) is 0 Å². The molecule has 0 aromatic carbocycles. The molecule has 0 amide bonds. The van der Waals surface area contributed by atoms with Crippen molar-refractivity contribution in [3.8, 4) is 0 Å². The molecule has 3 saturated carbocycles. The van der Waals surface area contributed by atoms with Crippen molar-refractivity contribution in [2.75, 3.05) is 0 Å². The second-order valence-corrected chi connectivity index (χ2v) is 5.74. The highest BCUT2D eigenvalue weighted by Crippen LogP contribution is 2.58. The Bertz CT molecular complexity index is 237. The normalized spacial score (nSPS) is 42.2. The summed E-state index contributed by atoms with van der Waals surface area (Å²) in [5, 5.41) is 0. The van der Waals surface area contributed by atoms with Gasteiger partial charge in [0.1, 0.15) is 0 Å². The van der Waals surface area contributed by atoms with Crippen molar-refractivity contribution in [2.45, 2.75) is 58.3 Å². The summed E-state index contributed by atoms with van der Waals surface area (Å²) in [6.45, 7) is 2.42. The number of fused-ring (bicyclic) bond motifs is 1. The summed E-state index contributed by atoms with van der Waals surface area (Å²) in [6.07, 6.45) is 11.9. The lowest BCUT2D eigenvalue weighted by Crippen LogP contribution is -2.04. The van der Waals surface area contributed by atoms with Crippen LogP contribution in [0.15, 0.2) is 11.1 Å². The molecule has 0 bridgehead atoms. The van der Waals surface area contributed by atoms with Crippen molar-refractivity contribution in [1.82, 2.24) is 0 Å². The Morgan fingerprint density at radius 2 is 1.43 bits per heavy atom. The predicted molar refractivity (Wildman–Crippen MR) is 60.1 cm³/mol. The summed E-state index contributed by atoms with van der Waals surface area (Å²) in [5.41, 5.74) is 3.86. The van der Waals surface area contributed by atoms with Crippen molar-refractivity contribution in [3.05, 3.63) is 11.1 Å². The average Bonchev–Trinajstić information content (AvgIpc) is 2.93. The molecule has 0 saturated heterocycles. The van der Waals surface area contributed by atoms with Crippen LogP contribution in [0.3, 0.4) is 0 Å². The van der Waals surface area contributed by atoms with Crippen LogP contribution in [-0.2, 0) is 0 Å². The van der Waals surface area contributed by atoms with Gasteiger partial charge in [0.25, 0.3) is 0 Å². The zero-order valence-corrected chi connectivity index (χ0v) is 9.39. The quantitative estimate of drug-likeness (QED) is 0.499. The maximum atomic E-state index is 2.42. The first-order chi connectivity index (χ1) is 6.86. The van der Waals surface area contributed by atoms with E-state index in [2.05, 4.69) is 6.92 Å². The molecule has 0 nitrogen and oxygen atoms in total. The van der Waals surface area contributed by atoms with Crippen molar-refractivity contribution in [2.24, 2.45) is 17.8 Å². The molecule has 0 N–H and O–H groups in total. The van der Waals surface area contributed by atoms with Gasteiger partial charge in [-0.3, -0.25) is 0 Å². The van der Waals surface area contributed by atoms with Crippen molar-refractivity contribution < 1.29 is 0 Å². The standard InChI is InChI=1S/C14H22/c1-10-6-8-11(9-7-10)14-12-4-2-3-5-13(12)14/h10,12-13H,2-9H2,1H3/t10?,12-,13+. The summed E-state index contributed by atoms with van der Waals surface area (Å²) < 4.78 is 0. The highest BCUT2D eigenvalue weighted by atomic mass is 14.5. The van der Waals surface area contributed by atoms with Crippen LogP contribution < -0.4 is 0 Å². The molecular formula is C14H22. The zero-order valence-electron chi connectivity index (χ0n) is 9.39. The molecule has 0 aromatic heterocycles. The van der Waals surface area contributed by atoms with E-state index in [1.807, 2.05) is 11.1 Å². The summed E-state index contributed by atoms with van der Waals surface area (Å²) in [7, 11) is 0. The molecule has 3 rings (SSSR count). The first-order valence-corrected chi connectivity index (χ1v) is 6.58. The minimum absolute atomic E-state index is 1.00. The minimum Gasteiger partial charge on any atom is -0.0704 e. The second-order valence-electron chi connectivity index (χ2n) is 5.74.